The van der Waals surface area contributed by atoms with E-state index in [-0.39, 0.29) is 0 Å². The topological polar surface area (TPSA) is 104 Å². The Balaban J connectivity index is 2.18. The lowest BCUT2D eigenvalue weighted by atomic mass is 10.2. The molecule has 122 valence electrons. The summed E-state index contributed by atoms with van der Waals surface area (Å²) in [7, 11) is 4.65. The van der Waals surface area contributed by atoms with Crippen molar-refractivity contribution in [3.63, 3.8) is 0 Å². The summed E-state index contributed by atoms with van der Waals surface area (Å²) in [6, 6.07) is 5.67. The minimum atomic E-state index is 0.315. The third-order valence-corrected chi connectivity index (χ3v) is 3.11. The molecule has 0 saturated heterocycles. The number of ether oxygens (including phenoxy) is 2. The minimum absolute atomic E-state index is 0.315. The van der Waals surface area contributed by atoms with E-state index in [0.717, 1.165) is 5.56 Å². The van der Waals surface area contributed by atoms with Crippen molar-refractivity contribution in [3.05, 3.63) is 35.7 Å². The van der Waals surface area contributed by atoms with E-state index >= 15 is 0 Å². The van der Waals surface area contributed by atoms with E-state index in [4.69, 9.17) is 15.2 Å². The van der Waals surface area contributed by atoms with Crippen molar-refractivity contribution in [2.75, 3.05) is 32.4 Å². The molecule has 23 heavy (non-hydrogen) atoms. The molecule has 8 nitrogen and oxygen atoms in total. The van der Waals surface area contributed by atoms with Crippen molar-refractivity contribution in [2.45, 2.75) is 6.54 Å². The molecule has 2 rings (SSSR count). The molecule has 1 heterocycles. The maximum atomic E-state index is 5.84. The summed E-state index contributed by atoms with van der Waals surface area (Å²) >= 11 is 0. The third-order valence-electron chi connectivity index (χ3n) is 3.11. The van der Waals surface area contributed by atoms with Crippen LogP contribution < -0.4 is 20.5 Å². The van der Waals surface area contributed by atoms with Gasteiger partial charge in [-0.1, -0.05) is 11.2 Å². The Kier molecular flexibility index (Phi) is 5.56. The van der Waals surface area contributed by atoms with Crippen LogP contribution in [0.1, 0.15) is 11.1 Å². The fourth-order valence-corrected chi connectivity index (χ4v) is 1.96. The van der Waals surface area contributed by atoms with Crippen LogP contribution >= 0.6 is 0 Å². The van der Waals surface area contributed by atoms with Gasteiger partial charge in [0.2, 0.25) is 0 Å². The highest BCUT2D eigenvalue weighted by Crippen LogP contribution is 2.28. The highest BCUT2D eigenvalue weighted by Gasteiger charge is 2.09. The first kappa shape index (κ1) is 16.3. The van der Waals surface area contributed by atoms with Crippen molar-refractivity contribution >= 4 is 17.9 Å². The second kappa shape index (κ2) is 7.83. The number of benzene rings is 1. The second-order valence-electron chi connectivity index (χ2n) is 4.48. The van der Waals surface area contributed by atoms with E-state index in [1.807, 2.05) is 18.2 Å². The maximum Gasteiger partial charge on any atom is 0.161 e. The van der Waals surface area contributed by atoms with Crippen LogP contribution in [0.2, 0.25) is 0 Å². The van der Waals surface area contributed by atoms with E-state index in [0.29, 0.717) is 35.2 Å². The zero-order valence-corrected chi connectivity index (χ0v) is 13.2. The molecule has 1 aromatic carbocycles. The van der Waals surface area contributed by atoms with Gasteiger partial charge in [0.1, 0.15) is 25.1 Å². The highest BCUT2D eigenvalue weighted by molar-refractivity contribution is 5.91. The molecule has 1 aromatic heterocycles. The summed E-state index contributed by atoms with van der Waals surface area (Å²) in [6.45, 7) is 0.518. The average Bonchev–Trinajstić information content (AvgIpc) is 2.58. The molecule has 0 spiro atoms. The van der Waals surface area contributed by atoms with E-state index < -0.39 is 0 Å². The highest BCUT2D eigenvalue weighted by atomic mass is 16.6. The predicted molar refractivity (Wildman–Crippen MR) is 87.9 cm³/mol. The Bertz CT molecular complexity index is 691. The van der Waals surface area contributed by atoms with Crippen LogP contribution in [0.4, 0.5) is 11.6 Å². The smallest absolute Gasteiger partial charge is 0.161 e. The van der Waals surface area contributed by atoms with E-state index in [1.165, 1.54) is 19.7 Å². The second-order valence-corrected chi connectivity index (χ2v) is 4.48. The van der Waals surface area contributed by atoms with Crippen LogP contribution in [0.15, 0.2) is 29.7 Å². The fourth-order valence-electron chi connectivity index (χ4n) is 1.96. The van der Waals surface area contributed by atoms with Gasteiger partial charge in [0, 0.05) is 6.54 Å². The third kappa shape index (κ3) is 4.00. The molecule has 0 aliphatic rings. The first-order chi connectivity index (χ1) is 11.2. The van der Waals surface area contributed by atoms with Crippen molar-refractivity contribution < 1.29 is 14.3 Å². The molecule has 0 saturated carbocycles. The number of nitrogens with two attached hydrogens (primary N) is 1. The largest absolute Gasteiger partial charge is 0.493 e. The number of nitrogens with zero attached hydrogens (tertiary/aromatic N) is 3. The quantitative estimate of drug-likeness (QED) is 0.591. The van der Waals surface area contributed by atoms with E-state index in [9.17, 15) is 0 Å². The predicted octanol–water partition coefficient (Wildman–Crippen LogP) is 1.67. The van der Waals surface area contributed by atoms with Gasteiger partial charge in [-0.2, -0.15) is 0 Å². The lowest BCUT2D eigenvalue weighted by molar-refractivity contribution is 0.215. The summed E-state index contributed by atoms with van der Waals surface area (Å²) in [5.74, 6) is 2.22. The molecule has 0 aliphatic carbocycles. The minimum Gasteiger partial charge on any atom is -0.493 e. The van der Waals surface area contributed by atoms with Crippen molar-refractivity contribution in [1.82, 2.24) is 9.97 Å². The van der Waals surface area contributed by atoms with Crippen molar-refractivity contribution in [3.8, 4) is 11.5 Å². The molecule has 0 unspecified atom stereocenters. The van der Waals surface area contributed by atoms with Gasteiger partial charge in [0.15, 0.2) is 11.5 Å². The Morgan fingerprint density at radius 2 is 1.96 bits per heavy atom. The Morgan fingerprint density at radius 3 is 2.65 bits per heavy atom. The van der Waals surface area contributed by atoms with Gasteiger partial charge < -0.3 is 25.4 Å². The van der Waals surface area contributed by atoms with Gasteiger partial charge in [-0.15, -0.1) is 0 Å². The number of oxime groups is 1. The van der Waals surface area contributed by atoms with Crippen LogP contribution in [-0.2, 0) is 11.4 Å². The molecule has 0 radical (unpaired) electrons. The molecule has 2 aromatic rings. The molecule has 0 bridgehead atoms. The fraction of sp³-hybridized carbons (Fsp3) is 0.267. The number of nitrogen functional groups attached to an aromatic ring is 1. The van der Waals surface area contributed by atoms with Crippen LogP contribution in [0, 0.1) is 0 Å². The molecule has 0 amide bonds. The summed E-state index contributed by atoms with van der Waals surface area (Å²) in [4.78, 5) is 12.8. The zero-order valence-electron chi connectivity index (χ0n) is 13.2. The van der Waals surface area contributed by atoms with Crippen LogP contribution in [0.5, 0.6) is 11.5 Å². The molecule has 0 aliphatic heterocycles. The number of hydrogen-bond donors (Lipinski definition) is 2. The average molecular weight is 317 g/mol. The molecule has 8 heteroatoms. The lowest BCUT2D eigenvalue weighted by Gasteiger charge is -2.12. The number of aromatic nitrogens is 2. The van der Waals surface area contributed by atoms with E-state index in [2.05, 4.69) is 25.3 Å². The first-order valence-electron chi connectivity index (χ1n) is 6.81. The van der Waals surface area contributed by atoms with Gasteiger partial charge in [-0.3, -0.25) is 0 Å². The molecule has 0 fully saturated rings. The van der Waals surface area contributed by atoms with Crippen LogP contribution in [0.3, 0.4) is 0 Å². The molecular weight excluding hydrogens is 298 g/mol. The first-order valence-corrected chi connectivity index (χ1v) is 6.81. The zero-order chi connectivity index (χ0) is 16.7. The normalized spacial score (nSPS) is 10.6. The van der Waals surface area contributed by atoms with Crippen LogP contribution in [-0.4, -0.2) is 37.5 Å². The monoisotopic (exact) mass is 317 g/mol. The van der Waals surface area contributed by atoms with Crippen molar-refractivity contribution in [1.29, 1.82) is 0 Å². The van der Waals surface area contributed by atoms with Gasteiger partial charge in [0.05, 0.1) is 26.0 Å². The molecule has 0 atom stereocenters. The lowest BCUT2D eigenvalue weighted by Crippen LogP contribution is -2.08. The standard InChI is InChI=1S/C15H19N5O3/c1-21-12-5-4-10(6-13(12)22-2)7-17-15-11(8-20-23-3)14(16)18-9-19-15/h4-6,8-9H,7H2,1-3H3,(H3,16,17,18,19). The SMILES string of the molecule is CON=Cc1c(N)ncnc1NCc1ccc(OC)c(OC)c1. The Labute approximate surface area is 134 Å². The summed E-state index contributed by atoms with van der Waals surface area (Å²) in [6.07, 6.45) is 2.85. The van der Waals surface area contributed by atoms with Gasteiger partial charge in [0.25, 0.3) is 0 Å². The Morgan fingerprint density at radius 1 is 1.17 bits per heavy atom. The summed E-state index contributed by atoms with van der Waals surface area (Å²) in [5, 5.41) is 6.90. The van der Waals surface area contributed by atoms with Gasteiger partial charge in [-0.05, 0) is 17.7 Å². The number of hydrogen-bond acceptors (Lipinski definition) is 8. The summed E-state index contributed by atoms with van der Waals surface area (Å²) in [5.41, 5.74) is 7.40. The van der Waals surface area contributed by atoms with Crippen LogP contribution in [0.25, 0.3) is 0 Å². The van der Waals surface area contributed by atoms with Crippen molar-refractivity contribution in [2.24, 2.45) is 5.16 Å². The molecular formula is C15H19N5O3. The summed E-state index contributed by atoms with van der Waals surface area (Å²) < 4.78 is 10.5. The van der Waals surface area contributed by atoms with E-state index in [1.54, 1.807) is 14.2 Å². The number of methoxy groups -OCH3 is 2. The Hall–Kier alpha value is -3.03. The maximum absolute atomic E-state index is 5.84. The van der Waals surface area contributed by atoms with Gasteiger partial charge >= 0.3 is 0 Å². The number of rotatable bonds is 7. The molecule has 3 N–H and O–H groups in total. The van der Waals surface area contributed by atoms with Gasteiger partial charge in [-0.25, -0.2) is 9.97 Å². The number of nitrogens with one attached hydrogen (secondary N) is 1. The number of anilines is 2.